The third kappa shape index (κ3) is 5.19. The van der Waals surface area contributed by atoms with Crippen molar-refractivity contribution in [2.24, 2.45) is 0 Å². The van der Waals surface area contributed by atoms with Gasteiger partial charge in [0.2, 0.25) is 0 Å². The van der Waals surface area contributed by atoms with Gasteiger partial charge in [0.15, 0.2) is 0 Å². The molecule has 0 radical (unpaired) electrons. The lowest BCUT2D eigenvalue weighted by Gasteiger charge is -2.37. The molecule has 154 valence electrons. The molecule has 1 N–H and O–H groups in total. The summed E-state index contributed by atoms with van der Waals surface area (Å²) < 4.78 is 9.75. The van der Waals surface area contributed by atoms with Crippen LogP contribution in [0.5, 0.6) is 5.75 Å². The maximum atomic E-state index is 12.6. The zero-order valence-corrected chi connectivity index (χ0v) is 17.1. The second kappa shape index (κ2) is 9.32. The first-order valence-corrected chi connectivity index (χ1v) is 9.79. The molecule has 7 nitrogen and oxygen atoms in total. The molecule has 1 fully saturated rings. The number of aryl methyl sites for hydroxylation is 1. The molecule has 2 aromatic carbocycles. The van der Waals surface area contributed by atoms with Crippen molar-refractivity contribution in [2.75, 3.05) is 43.0 Å². The molecule has 1 aliphatic heterocycles. The minimum Gasteiger partial charge on any atom is -0.434 e. The first-order valence-electron chi connectivity index (χ1n) is 9.79. The lowest BCUT2D eigenvalue weighted by Crippen LogP contribution is -2.50. The summed E-state index contributed by atoms with van der Waals surface area (Å²) in [7, 11) is 0. The monoisotopic (exact) mass is 397 g/mol. The number of hydrogen-bond acceptors (Lipinski definition) is 5. The Kier molecular flexibility index (Phi) is 6.59. The Hall–Kier alpha value is -3.22. The molecule has 0 unspecified atom stereocenters. The number of carbonyl (C=O) groups excluding carboxylic acids is 2. The topological polar surface area (TPSA) is 71.1 Å². The molecule has 2 aromatic rings. The first kappa shape index (κ1) is 20.5. The average Bonchev–Trinajstić information content (AvgIpc) is 2.72. The van der Waals surface area contributed by atoms with Gasteiger partial charge in [-0.15, -0.1) is 0 Å². The number of benzene rings is 2. The molecule has 0 bridgehead atoms. The van der Waals surface area contributed by atoms with Crippen LogP contribution in [-0.2, 0) is 4.74 Å². The van der Waals surface area contributed by atoms with Crippen LogP contribution in [-0.4, -0.2) is 49.9 Å². The number of amides is 2. The molecular formula is C22H27N3O4. The summed E-state index contributed by atoms with van der Waals surface area (Å²) in [5.74, 6) is 0.364. The molecule has 0 atom stereocenters. The van der Waals surface area contributed by atoms with Crippen LogP contribution in [0.25, 0.3) is 0 Å². The minimum absolute atomic E-state index is 0.135. The summed E-state index contributed by atoms with van der Waals surface area (Å²) in [6, 6.07) is 12.8. The molecular weight excluding hydrogens is 370 g/mol. The molecule has 1 saturated heterocycles. The minimum atomic E-state index is -0.744. The number of ether oxygens (including phenoxy) is 2. The van der Waals surface area contributed by atoms with Crippen molar-refractivity contribution in [1.82, 2.24) is 4.90 Å². The van der Waals surface area contributed by atoms with E-state index in [-0.39, 0.29) is 12.6 Å². The molecule has 0 aromatic heterocycles. The highest BCUT2D eigenvalue weighted by Gasteiger charge is 2.22. The van der Waals surface area contributed by atoms with Crippen molar-refractivity contribution < 1.29 is 19.1 Å². The summed E-state index contributed by atoms with van der Waals surface area (Å²) in [5.41, 5.74) is 4.44. The van der Waals surface area contributed by atoms with Crippen LogP contribution < -0.4 is 15.0 Å². The number of anilines is 2. The maximum absolute atomic E-state index is 12.6. The molecule has 2 amide bonds. The number of piperazine rings is 1. The molecule has 29 heavy (non-hydrogen) atoms. The fourth-order valence-corrected chi connectivity index (χ4v) is 3.28. The van der Waals surface area contributed by atoms with Gasteiger partial charge in [-0.25, -0.2) is 9.59 Å². The average molecular weight is 397 g/mol. The van der Waals surface area contributed by atoms with Crippen LogP contribution >= 0.6 is 0 Å². The van der Waals surface area contributed by atoms with Crippen LogP contribution in [0, 0.1) is 13.8 Å². The third-order valence-corrected chi connectivity index (χ3v) is 5.05. The van der Waals surface area contributed by atoms with E-state index in [4.69, 9.17) is 9.47 Å². The molecule has 1 heterocycles. The van der Waals surface area contributed by atoms with Gasteiger partial charge in [-0.05, 0) is 62.2 Å². The summed E-state index contributed by atoms with van der Waals surface area (Å²) in [5, 5.41) is 2.89. The Balaban J connectivity index is 1.52. The van der Waals surface area contributed by atoms with Gasteiger partial charge < -0.3 is 24.6 Å². The van der Waals surface area contributed by atoms with E-state index in [0.29, 0.717) is 24.5 Å². The molecule has 0 saturated carbocycles. The van der Waals surface area contributed by atoms with Gasteiger partial charge in [-0.3, -0.25) is 0 Å². The van der Waals surface area contributed by atoms with Crippen LogP contribution in [0.2, 0.25) is 0 Å². The van der Waals surface area contributed by atoms with E-state index in [1.165, 1.54) is 16.8 Å². The van der Waals surface area contributed by atoms with E-state index in [0.717, 1.165) is 13.1 Å². The standard InChI is InChI=1S/C22H27N3O4/c1-4-28-22(27)29-19-10-8-18(9-11-19)23-21(26)25-14-12-24(13-15-25)20-7-5-6-16(2)17(20)3/h5-11H,4,12-15H2,1-3H3,(H,23,26). The van der Waals surface area contributed by atoms with Crippen molar-refractivity contribution in [3.63, 3.8) is 0 Å². The van der Waals surface area contributed by atoms with Gasteiger partial charge in [0.05, 0.1) is 6.61 Å². The lowest BCUT2D eigenvalue weighted by molar-refractivity contribution is 0.104. The third-order valence-electron chi connectivity index (χ3n) is 5.05. The van der Waals surface area contributed by atoms with Crippen LogP contribution in [0.1, 0.15) is 18.1 Å². The predicted octanol–water partition coefficient (Wildman–Crippen LogP) is 4.19. The second-order valence-corrected chi connectivity index (χ2v) is 6.93. The zero-order valence-electron chi connectivity index (χ0n) is 17.1. The highest BCUT2D eigenvalue weighted by Crippen LogP contribution is 2.24. The van der Waals surface area contributed by atoms with Gasteiger partial charge in [0.25, 0.3) is 0 Å². The van der Waals surface area contributed by atoms with Crippen LogP contribution in [0.3, 0.4) is 0 Å². The van der Waals surface area contributed by atoms with E-state index in [9.17, 15) is 9.59 Å². The summed E-state index contributed by atoms with van der Waals surface area (Å²) in [4.78, 5) is 28.0. The number of rotatable bonds is 4. The Morgan fingerprint density at radius 1 is 1.00 bits per heavy atom. The first-order chi connectivity index (χ1) is 14.0. The molecule has 0 spiro atoms. The highest BCUT2D eigenvalue weighted by molar-refractivity contribution is 5.89. The van der Waals surface area contributed by atoms with Crippen molar-refractivity contribution in [1.29, 1.82) is 0 Å². The van der Waals surface area contributed by atoms with E-state index >= 15 is 0 Å². The van der Waals surface area contributed by atoms with Crippen molar-refractivity contribution in [3.05, 3.63) is 53.6 Å². The quantitative estimate of drug-likeness (QED) is 0.619. The number of urea groups is 1. The number of hydrogen-bond donors (Lipinski definition) is 1. The van der Waals surface area contributed by atoms with Gasteiger partial charge in [-0.1, -0.05) is 12.1 Å². The van der Waals surface area contributed by atoms with E-state index < -0.39 is 6.16 Å². The molecule has 7 heteroatoms. The molecule has 1 aliphatic rings. The smallest absolute Gasteiger partial charge is 0.434 e. The van der Waals surface area contributed by atoms with E-state index in [1.54, 1.807) is 31.2 Å². The van der Waals surface area contributed by atoms with Crippen molar-refractivity contribution >= 4 is 23.6 Å². The van der Waals surface area contributed by atoms with Gasteiger partial charge in [0.1, 0.15) is 5.75 Å². The number of nitrogens with zero attached hydrogens (tertiary/aromatic N) is 2. The summed E-state index contributed by atoms with van der Waals surface area (Å²) in [6.45, 7) is 9.12. The normalized spacial score (nSPS) is 13.8. The summed E-state index contributed by atoms with van der Waals surface area (Å²) >= 11 is 0. The number of nitrogens with one attached hydrogen (secondary N) is 1. The Morgan fingerprint density at radius 2 is 1.69 bits per heavy atom. The summed E-state index contributed by atoms with van der Waals surface area (Å²) in [6.07, 6.45) is -0.744. The maximum Gasteiger partial charge on any atom is 0.513 e. The molecule has 3 rings (SSSR count). The largest absolute Gasteiger partial charge is 0.513 e. The Labute approximate surface area is 171 Å². The highest BCUT2D eigenvalue weighted by atomic mass is 16.7. The second-order valence-electron chi connectivity index (χ2n) is 6.93. The van der Waals surface area contributed by atoms with Crippen molar-refractivity contribution in [2.45, 2.75) is 20.8 Å². The predicted molar refractivity (Wildman–Crippen MR) is 113 cm³/mol. The SMILES string of the molecule is CCOC(=O)Oc1ccc(NC(=O)N2CCN(c3cccc(C)c3C)CC2)cc1. The van der Waals surface area contributed by atoms with E-state index in [2.05, 4.69) is 42.3 Å². The Morgan fingerprint density at radius 3 is 2.34 bits per heavy atom. The Bertz CT molecular complexity index is 859. The van der Waals surface area contributed by atoms with Crippen molar-refractivity contribution in [3.8, 4) is 5.75 Å². The van der Waals surface area contributed by atoms with E-state index in [1.807, 2.05) is 4.90 Å². The number of carbonyl (C=O) groups is 2. The zero-order chi connectivity index (χ0) is 20.8. The lowest BCUT2D eigenvalue weighted by atomic mass is 10.1. The fraction of sp³-hybridized carbons (Fsp3) is 0.364. The van der Waals surface area contributed by atoms with Crippen LogP contribution in [0.4, 0.5) is 21.0 Å². The van der Waals surface area contributed by atoms with Gasteiger partial charge in [0, 0.05) is 37.6 Å². The van der Waals surface area contributed by atoms with Gasteiger partial charge in [-0.2, -0.15) is 0 Å². The van der Waals surface area contributed by atoms with Crippen LogP contribution in [0.15, 0.2) is 42.5 Å². The fourth-order valence-electron chi connectivity index (χ4n) is 3.28. The van der Waals surface area contributed by atoms with Gasteiger partial charge >= 0.3 is 12.2 Å². The molecule has 0 aliphatic carbocycles.